The van der Waals surface area contributed by atoms with Gasteiger partial charge in [0.05, 0.1) is 5.56 Å². The molecule has 2 aromatic carbocycles. The Morgan fingerprint density at radius 2 is 1.79 bits per heavy atom. The Bertz CT molecular complexity index is 739. The second-order valence-corrected chi connectivity index (χ2v) is 6.78. The Hall–Kier alpha value is -2.14. The second-order valence-electron chi connectivity index (χ2n) is 5.86. The summed E-state index contributed by atoms with van der Waals surface area (Å²) in [6.45, 7) is 5.74. The van der Waals surface area contributed by atoms with Crippen molar-refractivity contribution < 1.29 is 14.3 Å². The molecule has 2 rings (SSSR count). The van der Waals surface area contributed by atoms with Crippen LogP contribution in [0.5, 0.6) is 0 Å². The Balaban J connectivity index is 1.90. The summed E-state index contributed by atoms with van der Waals surface area (Å²) in [5.41, 5.74) is 3.20. The lowest BCUT2D eigenvalue weighted by atomic mass is 10.0. The summed E-state index contributed by atoms with van der Waals surface area (Å²) < 4.78 is 6.00. The highest BCUT2D eigenvalue weighted by Crippen LogP contribution is 2.20. The van der Waals surface area contributed by atoms with Gasteiger partial charge < -0.3 is 10.1 Å². The van der Waals surface area contributed by atoms with E-state index in [0.717, 1.165) is 15.6 Å². The lowest BCUT2D eigenvalue weighted by Crippen LogP contribution is -2.21. The van der Waals surface area contributed by atoms with E-state index in [1.807, 2.05) is 31.2 Å². The number of halogens is 1. The first kappa shape index (κ1) is 18.2. The highest BCUT2D eigenvalue weighted by molar-refractivity contribution is 9.10. The summed E-state index contributed by atoms with van der Waals surface area (Å²) in [7, 11) is 0. The molecular weight excluding hydrogens is 370 g/mol. The van der Waals surface area contributed by atoms with E-state index in [9.17, 15) is 9.59 Å². The molecule has 0 radical (unpaired) electrons. The van der Waals surface area contributed by atoms with Gasteiger partial charge in [0, 0.05) is 10.2 Å². The molecule has 4 nitrogen and oxygen atoms in total. The predicted molar refractivity (Wildman–Crippen MR) is 98.3 cm³/mol. The summed E-state index contributed by atoms with van der Waals surface area (Å²) in [5, 5.41) is 2.73. The summed E-state index contributed by atoms with van der Waals surface area (Å²) in [6.07, 6.45) is 0. The molecular formula is C19H20BrNO3. The van der Waals surface area contributed by atoms with E-state index in [-0.39, 0.29) is 12.5 Å². The van der Waals surface area contributed by atoms with Crippen LogP contribution >= 0.6 is 15.9 Å². The molecule has 0 fully saturated rings. The van der Waals surface area contributed by atoms with E-state index in [1.54, 1.807) is 18.2 Å². The second kappa shape index (κ2) is 8.11. The third-order valence-electron chi connectivity index (χ3n) is 3.61. The molecule has 0 unspecified atom stereocenters. The number of anilines is 1. The van der Waals surface area contributed by atoms with Gasteiger partial charge in [-0.15, -0.1) is 0 Å². The molecule has 0 aliphatic rings. The summed E-state index contributed by atoms with van der Waals surface area (Å²) in [4.78, 5) is 23.9. The van der Waals surface area contributed by atoms with Crippen molar-refractivity contribution in [2.75, 3.05) is 11.9 Å². The van der Waals surface area contributed by atoms with Gasteiger partial charge in [0.15, 0.2) is 6.61 Å². The maximum atomic E-state index is 12.0. The van der Waals surface area contributed by atoms with Gasteiger partial charge in [-0.2, -0.15) is 0 Å². The van der Waals surface area contributed by atoms with Crippen molar-refractivity contribution in [1.82, 2.24) is 0 Å². The van der Waals surface area contributed by atoms with Crippen LogP contribution in [0.4, 0.5) is 5.69 Å². The molecule has 0 spiro atoms. The average molecular weight is 390 g/mol. The van der Waals surface area contributed by atoms with Gasteiger partial charge in [-0.05, 0) is 54.3 Å². The van der Waals surface area contributed by atoms with E-state index in [2.05, 4.69) is 35.1 Å². The van der Waals surface area contributed by atoms with Gasteiger partial charge >= 0.3 is 5.97 Å². The zero-order valence-electron chi connectivity index (χ0n) is 13.9. The lowest BCUT2D eigenvalue weighted by Gasteiger charge is -2.10. The predicted octanol–water partition coefficient (Wildman–Crippen LogP) is 4.68. The molecule has 2 aromatic rings. The topological polar surface area (TPSA) is 55.4 Å². The van der Waals surface area contributed by atoms with Gasteiger partial charge in [-0.3, -0.25) is 4.79 Å². The first-order valence-corrected chi connectivity index (χ1v) is 8.49. The molecule has 0 saturated carbocycles. The maximum Gasteiger partial charge on any atom is 0.338 e. The third kappa shape index (κ3) is 4.93. The van der Waals surface area contributed by atoms with Crippen LogP contribution in [0, 0.1) is 6.92 Å². The van der Waals surface area contributed by atoms with Crippen LogP contribution in [-0.2, 0) is 9.53 Å². The normalized spacial score (nSPS) is 10.5. The van der Waals surface area contributed by atoms with Crippen molar-refractivity contribution in [1.29, 1.82) is 0 Å². The molecule has 1 amide bonds. The van der Waals surface area contributed by atoms with Gasteiger partial charge in [0.1, 0.15) is 0 Å². The standard InChI is InChI=1S/C19H20BrNO3/c1-12(2)14-4-6-15(7-5-14)19(23)24-11-18(22)21-17-9-8-16(20)10-13(17)3/h4-10,12H,11H2,1-3H3,(H,21,22). The quantitative estimate of drug-likeness (QED) is 0.755. The number of esters is 1. The molecule has 0 bridgehead atoms. The Morgan fingerprint density at radius 3 is 2.38 bits per heavy atom. The first-order valence-electron chi connectivity index (χ1n) is 7.70. The summed E-state index contributed by atoms with van der Waals surface area (Å²) >= 11 is 3.37. The monoisotopic (exact) mass is 389 g/mol. The number of benzene rings is 2. The summed E-state index contributed by atoms with van der Waals surface area (Å²) in [6, 6.07) is 12.8. The highest BCUT2D eigenvalue weighted by atomic mass is 79.9. The Morgan fingerprint density at radius 1 is 1.12 bits per heavy atom. The molecule has 1 N–H and O–H groups in total. The van der Waals surface area contributed by atoms with Crippen molar-refractivity contribution in [3.05, 3.63) is 63.6 Å². The zero-order chi connectivity index (χ0) is 17.7. The van der Waals surface area contributed by atoms with Crippen molar-refractivity contribution in [3.8, 4) is 0 Å². The largest absolute Gasteiger partial charge is 0.452 e. The number of carbonyl (C=O) groups is 2. The lowest BCUT2D eigenvalue weighted by molar-refractivity contribution is -0.119. The van der Waals surface area contributed by atoms with E-state index >= 15 is 0 Å². The number of amides is 1. The minimum Gasteiger partial charge on any atom is -0.452 e. The number of hydrogen-bond acceptors (Lipinski definition) is 3. The molecule has 0 aliphatic carbocycles. The minimum absolute atomic E-state index is 0.319. The van der Waals surface area contributed by atoms with E-state index in [4.69, 9.17) is 4.74 Å². The molecule has 0 aliphatic heterocycles. The summed E-state index contributed by atoms with van der Waals surface area (Å²) in [5.74, 6) is -0.476. The van der Waals surface area contributed by atoms with Gasteiger partial charge in [-0.1, -0.05) is 41.9 Å². The minimum atomic E-state index is -0.506. The molecule has 5 heteroatoms. The average Bonchev–Trinajstić information content (AvgIpc) is 2.55. The van der Waals surface area contributed by atoms with E-state index in [0.29, 0.717) is 17.2 Å². The molecule has 0 heterocycles. The van der Waals surface area contributed by atoms with Crippen molar-refractivity contribution in [3.63, 3.8) is 0 Å². The fraction of sp³-hybridized carbons (Fsp3) is 0.263. The number of carbonyl (C=O) groups excluding carboxylic acids is 2. The van der Waals surface area contributed by atoms with Crippen molar-refractivity contribution >= 4 is 33.5 Å². The fourth-order valence-corrected chi connectivity index (χ4v) is 2.65. The number of aryl methyl sites for hydroxylation is 1. The van der Waals surface area contributed by atoms with Crippen molar-refractivity contribution in [2.45, 2.75) is 26.7 Å². The van der Waals surface area contributed by atoms with Gasteiger partial charge in [0.2, 0.25) is 0 Å². The van der Waals surface area contributed by atoms with E-state index in [1.165, 1.54) is 0 Å². The molecule has 0 atom stereocenters. The van der Waals surface area contributed by atoms with Crippen LogP contribution in [-0.4, -0.2) is 18.5 Å². The van der Waals surface area contributed by atoms with Gasteiger partial charge in [-0.25, -0.2) is 4.79 Å². The third-order valence-corrected chi connectivity index (χ3v) is 4.10. The molecule has 0 aromatic heterocycles. The van der Waals surface area contributed by atoms with Crippen LogP contribution in [0.1, 0.15) is 41.3 Å². The molecule has 126 valence electrons. The highest BCUT2D eigenvalue weighted by Gasteiger charge is 2.11. The number of rotatable bonds is 5. The van der Waals surface area contributed by atoms with Gasteiger partial charge in [0.25, 0.3) is 5.91 Å². The number of nitrogens with one attached hydrogen (secondary N) is 1. The number of hydrogen-bond donors (Lipinski definition) is 1. The molecule has 24 heavy (non-hydrogen) atoms. The van der Waals surface area contributed by atoms with Crippen LogP contribution in [0.15, 0.2) is 46.9 Å². The van der Waals surface area contributed by atoms with Crippen molar-refractivity contribution in [2.24, 2.45) is 0 Å². The van der Waals surface area contributed by atoms with Crippen LogP contribution < -0.4 is 5.32 Å². The fourth-order valence-electron chi connectivity index (χ4n) is 2.17. The van der Waals surface area contributed by atoms with Crippen LogP contribution in [0.25, 0.3) is 0 Å². The first-order chi connectivity index (χ1) is 11.4. The van der Waals surface area contributed by atoms with E-state index < -0.39 is 5.97 Å². The van der Waals surface area contributed by atoms with Crippen LogP contribution in [0.2, 0.25) is 0 Å². The van der Waals surface area contributed by atoms with Crippen LogP contribution in [0.3, 0.4) is 0 Å². The zero-order valence-corrected chi connectivity index (χ0v) is 15.5. The molecule has 0 saturated heterocycles. The Labute approximate surface area is 150 Å². The number of ether oxygens (including phenoxy) is 1. The SMILES string of the molecule is Cc1cc(Br)ccc1NC(=O)COC(=O)c1ccc(C(C)C)cc1. The smallest absolute Gasteiger partial charge is 0.338 e. The Kier molecular flexibility index (Phi) is 6.15. The maximum absolute atomic E-state index is 12.0.